The molecule has 4 heteroatoms. The second-order valence-electron chi connectivity index (χ2n) is 4.89. The average molecular weight is 286 g/mol. The van der Waals surface area contributed by atoms with Crippen LogP contribution >= 0.6 is 11.6 Å². The Kier molecular flexibility index (Phi) is 7.87. The van der Waals surface area contributed by atoms with Crippen molar-refractivity contribution in [2.45, 2.75) is 26.8 Å². The van der Waals surface area contributed by atoms with Gasteiger partial charge in [-0.15, -0.1) is 0 Å². The molecule has 0 radical (unpaired) electrons. The highest BCUT2D eigenvalue weighted by Gasteiger charge is 2.06. The molecule has 1 aromatic carbocycles. The van der Waals surface area contributed by atoms with Crippen molar-refractivity contribution < 1.29 is 9.47 Å². The Morgan fingerprint density at radius 1 is 1.26 bits per heavy atom. The van der Waals surface area contributed by atoms with E-state index in [0.717, 1.165) is 42.5 Å². The molecule has 0 spiro atoms. The number of hydrogen-bond donors (Lipinski definition) is 1. The van der Waals surface area contributed by atoms with Crippen molar-refractivity contribution in [2.75, 3.05) is 26.9 Å². The van der Waals surface area contributed by atoms with E-state index in [1.807, 2.05) is 18.2 Å². The fourth-order valence-corrected chi connectivity index (χ4v) is 1.91. The van der Waals surface area contributed by atoms with Gasteiger partial charge in [-0.2, -0.15) is 0 Å². The lowest BCUT2D eigenvalue weighted by molar-refractivity contribution is 0.125. The highest BCUT2D eigenvalue weighted by Crippen LogP contribution is 2.25. The molecule has 1 N–H and O–H groups in total. The van der Waals surface area contributed by atoms with E-state index in [1.165, 1.54) is 0 Å². The van der Waals surface area contributed by atoms with Crippen LogP contribution in [-0.4, -0.2) is 26.9 Å². The summed E-state index contributed by atoms with van der Waals surface area (Å²) in [6.07, 6.45) is 1.11. The van der Waals surface area contributed by atoms with E-state index >= 15 is 0 Å². The molecule has 3 nitrogen and oxygen atoms in total. The highest BCUT2D eigenvalue weighted by molar-refractivity contribution is 6.31. The third kappa shape index (κ3) is 6.28. The van der Waals surface area contributed by atoms with E-state index in [-0.39, 0.29) is 0 Å². The van der Waals surface area contributed by atoms with Gasteiger partial charge in [-0.1, -0.05) is 31.5 Å². The minimum atomic E-state index is 0.691. The third-order valence-electron chi connectivity index (χ3n) is 2.86. The first-order chi connectivity index (χ1) is 9.15. The summed E-state index contributed by atoms with van der Waals surface area (Å²) in [7, 11) is 1.66. The smallest absolute Gasteiger partial charge is 0.124 e. The zero-order valence-electron chi connectivity index (χ0n) is 12.0. The van der Waals surface area contributed by atoms with Gasteiger partial charge in [-0.3, -0.25) is 0 Å². The van der Waals surface area contributed by atoms with Crippen molar-refractivity contribution >= 4 is 11.6 Å². The molecule has 0 aliphatic heterocycles. The summed E-state index contributed by atoms with van der Waals surface area (Å²) in [5, 5.41) is 4.05. The minimum absolute atomic E-state index is 0.691. The Labute approximate surface area is 121 Å². The van der Waals surface area contributed by atoms with Gasteiger partial charge in [0.2, 0.25) is 0 Å². The number of nitrogens with one attached hydrogen (secondary N) is 1. The molecule has 19 heavy (non-hydrogen) atoms. The number of methoxy groups -OCH3 is 1. The molecule has 0 fully saturated rings. The molecule has 108 valence electrons. The SMILES string of the molecule is COc1cccc(Cl)c1CNCCOCCC(C)C. The van der Waals surface area contributed by atoms with Crippen molar-refractivity contribution in [1.82, 2.24) is 5.32 Å². The second kappa shape index (κ2) is 9.18. The van der Waals surface area contributed by atoms with E-state index in [9.17, 15) is 0 Å². The summed E-state index contributed by atoms with van der Waals surface area (Å²) in [6, 6.07) is 5.68. The summed E-state index contributed by atoms with van der Waals surface area (Å²) in [5.74, 6) is 1.51. The molecule has 0 unspecified atom stereocenters. The summed E-state index contributed by atoms with van der Waals surface area (Å²) in [6.45, 7) is 7.45. The maximum atomic E-state index is 6.15. The molecule has 0 aliphatic carbocycles. The van der Waals surface area contributed by atoms with Crippen LogP contribution in [0.1, 0.15) is 25.8 Å². The highest BCUT2D eigenvalue weighted by atomic mass is 35.5. The van der Waals surface area contributed by atoms with Gasteiger partial charge in [0, 0.05) is 30.3 Å². The Morgan fingerprint density at radius 3 is 2.74 bits per heavy atom. The van der Waals surface area contributed by atoms with Crippen molar-refractivity contribution in [1.29, 1.82) is 0 Å². The molecule has 1 aromatic rings. The Morgan fingerprint density at radius 2 is 2.05 bits per heavy atom. The van der Waals surface area contributed by atoms with Crippen molar-refractivity contribution in [3.63, 3.8) is 0 Å². The van der Waals surface area contributed by atoms with E-state index in [1.54, 1.807) is 7.11 Å². The quantitative estimate of drug-likeness (QED) is 0.705. The zero-order chi connectivity index (χ0) is 14.1. The fraction of sp³-hybridized carbons (Fsp3) is 0.600. The fourth-order valence-electron chi connectivity index (χ4n) is 1.68. The summed E-state index contributed by atoms with van der Waals surface area (Å²) in [5.41, 5.74) is 0.994. The molecular weight excluding hydrogens is 262 g/mol. The van der Waals surface area contributed by atoms with Gasteiger partial charge in [-0.05, 0) is 24.5 Å². The Bertz CT molecular complexity index is 369. The Balaban J connectivity index is 2.22. The van der Waals surface area contributed by atoms with Crippen LogP contribution in [0.4, 0.5) is 0 Å². The van der Waals surface area contributed by atoms with Crippen molar-refractivity contribution in [3.8, 4) is 5.75 Å². The maximum absolute atomic E-state index is 6.15. The van der Waals surface area contributed by atoms with E-state index in [0.29, 0.717) is 12.5 Å². The van der Waals surface area contributed by atoms with Crippen LogP contribution in [0, 0.1) is 5.92 Å². The molecule has 0 saturated carbocycles. The van der Waals surface area contributed by atoms with Gasteiger partial charge in [-0.25, -0.2) is 0 Å². The summed E-state index contributed by atoms with van der Waals surface area (Å²) in [4.78, 5) is 0. The predicted molar refractivity (Wildman–Crippen MR) is 80.0 cm³/mol. The normalized spacial score (nSPS) is 11.0. The molecular formula is C15H24ClNO2. The summed E-state index contributed by atoms with van der Waals surface area (Å²) >= 11 is 6.15. The average Bonchev–Trinajstić information content (AvgIpc) is 2.38. The molecule has 0 bridgehead atoms. The van der Waals surface area contributed by atoms with E-state index in [4.69, 9.17) is 21.1 Å². The van der Waals surface area contributed by atoms with Gasteiger partial charge in [0.25, 0.3) is 0 Å². The number of rotatable bonds is 9. The number of halogens is 1. The number of ether oxygens (including phenoxy) is 2. The van der Waals surface area contributed by atoms with Gasteiger partial charge in [0.15, 0.2) is 0 Å². The monoisotopic (exact) mass is 285 g/mol. The standard InChI is InChI=1S/C15H24ClNO2/c1-12(2)7-9-19-10-8-17-11-13-14(16)5-4-6-15(13)18-3/h4-6,12,17H,7-11H2,1-3H3. The lowest BCUT2D eigenvalue weighted by atomic mass is 10.1. The largest absolute Gasteiger partial charge is 0.496 e. The number of hydrogen-bond acceptors (Lipinski definition) is 3. The van der Waals surface area contributed by atoms with Gasteiger partial charge in [0.1, 0.15) is 5.75 Å². The summed E-state index contributed by atoms with van der Waals surface area (Å²) < 4.78 is 10.8. The number of benzene rings is 1. The molecule has 0 heterocycles. The first kappa shape index (κ1) is 16.3. The lowest BCUT2D eigenvalue weighted by Crippen LogP contribution is -2.20. The van der Waals surface area contributed by atoms with E-state index < -0.39 is 0 Å². The second-order valence-corrected chi connectivity index (χ2v) is 5.30. The van der Waals surface area contributed by atoms with Crippen molar-refractivity contribution in [2.24, 2.45) is 5.92 Å². The molecule has 0 aromatic heterocycles. The van der Waals surface area contributed by atoms with Gasteiger partial charge in [0.05, 0.1) is 13.7 Å². The topological polar surface area (TPSA) is 30.5 Å². The lowest BCUT2D eigenvalue weighted by Gasteiger charge is -2.11. The molecule has 0 aliphatic rings. The van der Waals surface area contributed by atoms with Crippen LogP contribution < -0.4 is 10.1 Å². The molecule has 0 saturated heterocycles. The van der Waals surface area contributed by atoms with Crippen LogP contribution in [0.25, 0.3) is 0 Å². The first-order valence-electron chi connectivity index (χ1n) is 6.75. The maximum Gasteiger partial charge on any atom is 0.124 e. The van der Waals surface area contributed by atoms with Crippen molar-refractivity contribution in [3.05, 3.63) is 28.8 Å². The van der Waals surface area contributed by atoms with Crippen LogP contribution in [-0.2, 0) is 11.3 Å². The van der Waals surface area contributed by atoms with Crippen LogP contribution in [0.2, 0.25) is 5.02 Å². The molecule has 0 atom stereocenters. The first-order valence-corrected chi connectivity index (χ1v) is 7.12. The van der Waals surface area contributed by atoms with Crippen LogP contribution in [0.5, 0.6) is 5.75 Å². The Hall–Kier alpha value is -0.770. The zero-order valence-corrected chi connectivity index (χ0v) is 12.8. The molecule has 0 amide bonds. The predicted octanol–water partition coefficient (Wildman–Crippen LogP) is 3.50. The third-order valence-corrected chi connectivity index (χ3v) is 3.21. The minimum Gasteiger partial charge on any atom is -0.496 e. The van der Waals surface area contributed by atoms with Gasteiger partial charge >= 0.3 is 0 Å². The van der Waals surface area contributed by atoms with Crippen LogP contribution in [0.15, 0.2) is 18.2 Å². The van der Waals surface area contributed by atoms with Crippen LogP contribution in [0.3, 0.4) is 0 Å². The van der Waals surface area contributed by atoms with Gasteiger partial charge < -0.3 is 14.8 Å². The molecule has 1 rings (SSSR count). The van der Waals surface area contributed by atoms with E-state index in [2.05, 4.69) is 19.2 Å².